The zero-order chi connectivity index (χ0) is 20.3. The highest BCUT2D eigenvalue weighted by Crippen LogP contribution is 2.30. The van der Waals surface area contributed by atoms with E-state index in [2.05, 4.69) is 4.98 Å². The Balaban J connectivity index is 1.79. The molecule has 0 aliphatic heterocycles. The van der Waals surface area contributed by atoms with Gasteiger partial charge in [-0.25, -0.2) is 4.79 Å². The molecule has 1 atom stereocenters. The Bertz CT molecular complexity index is 1060. The molecule has 1 unspecified atom stereocenters. The first kappa shape index (κ1) is 19.8. The van der Waals surface area contributed by atoms with Gasteiger partial charge in [-0.2, -0.15) is 10.2 Å². The van der Waals surface area contributed by atoms with Crippen LogP contribution in [0.15, 0.2) is 36.5 Å². The van der Waals surface area contributed by atoms with E-state index in [1.807, 2.05) is 6.07 Å². The highest BCUT2D eigenvalue weighted by molar-refractivity contribution is 6.42. The maximum absolute atomic E-state index is 11.6. The molecule has 0 radical (unpaired) electrons. The summed E-state index contributed by atoms with van der Waals surface area (Å²) in [4.78, 5) is 15.9. The van der Waals surface area contributed by atoms with Crippen molar-refractivity contribution in [2.45, 2.75) is 20.0 Å². The normalized spacial score (nSPS) is 11.7. The molecule has 0 spiro atoms. The second-order valence-corrected chi connectivity index (χ2v) is 6.47. The molecule has 2 heterocycles. The molecular formula is C19H15Cl2N3O4. The molecule has 1 aromatic carbocycles. The number of carbonyl (C=O) groups is 1. The van der Waals surface area contributed by atoms with E-state index < -0.39 is 12.1 Å². The Kier molecular flexibility index (Phi) is 5.93. The Morgan fingerprint density at radius 1 is 1.25 bits per heavy atom. The Morgan fingerprint density at radius 3 is 2.57 bits per heavy atom. The molecule has 0 aliphatic carbocycles. The predicted molar refractivity (Wildman–Crippen MR) is 103 cm³/mol. The summed E-state index contributed by atoms with van der Waals surface area (Å²) in [5.41, 5.74) is 0.619. The molecule has 0 saturated carbocycles. The summed E-state index contributed by atoms with van der Waals surface area (Å²) >= 11 is 12.0. The molecule has 2 aromatic heterocycles. The Labute approximate surface area is 171 Å². The van der Waals surface area contributed by atoms with Crippen molar-refractivity contribution < 1.29 is 19.0 Å². The number of hydrogen-bond donors (Lipinski definition) is 0. The summed E-state index contributed by atoms with van der Waals surface area (Å²) in [6.45, 7) is 3.62. The number of ether oxygens (including phenoxy) is 3. The topological polar surface area (TPSA) is 85.8 Å². The van der Waals surface area contributed by atoms with Crippen LogP contribution in [0.4, 0.5) is 0 Å². The lowest BCUT2D eigenvalue weighted by Gasteiger charge is -2.13. The number of hydrogen-bond acceptors (Lipinski definition) is 6. The number of halogens is 2. The van der Waals surface area contributed by atoms with Crippen molar-refractivity contribution in [2.75, 3.05) is 6.61 Å². The molecule has 3 rings (SSSR count). The first-order chi connectivity index (χ1) is 13.4. The van der Waals surface area contributed by atoms with E-state index in [9.17, 15) is 10.1 Å². The van der Waals surface area contributed by atoms with E-state index in [0.29, 0.717) is 27.2 Å². The van der Waals surface area contributed by atoms with Gasteiger partial charge in [-0.1, -0.05) is 23.2 Å². The van der Waals surface area contributed by atoms with Crippen LogP contribution in [-0.4, -0.2) is 28.1 Å². The van der Waals surface area contributed by atoms with Gasteiger partial charge in [-0.3, -0.25) is 4.40 Å². The largest absolute Gasteiger partial charge is 0.479 e. The number of esters is 1. The van der Waals surface area contributed by atoms with Gasteiger partial charge in [-0.15, -0.1) is 0 Å². The highest BCUT2D eigenvalue weighted by Gasteiger charge is 2.17. The van der Waals surface area contributed by atoms with Gasteiger partial charge in [0.15, 0.2) is 11.8 Å². The zero-order valence-electron chi connectivity index (χ0n) is 15.0. The summed E-state index contributed by atoms with van der Waals surface area (Å²) in [6.07, 6.45) is 0.774. The molecule has 0 saturated heterocycles. The number of carbonyl (C=O) groups excluding carboxylic acids is 1. The monoisotopic (exact) mass is 419 g/mol. The van der Waals surface area contributed by atoms with Crippen molar-refractivity contribution in [3.63, 3.8) is 0 Å². The fourth-order valence-corrected chi connectivity index (χ4v) is 2.70. The third kappa shape index (κ3) is 4.14. The standard InChI is InChI=1S/C19H15Cl2N3O4/c1-3-26-19(25)11(2)27-12-4-6-13(7-5-12)28-18-16(9-22)24-10-15(21)14(20)8-17(24)23-18/h4-8,10-11H,3H2,1-2H3. The summed E-state index contributed by atoms with van der Waals surface area (Å²) in [6, 6.07) is 10.1. The number of aromatic nitrogens is 2. The van der Waals surface area contributed by atoms with Crippen molar-refractivity contribution in [1.82, 2.24) is 9.38 Å². The van der Waals surface area contributed by atoms with Gasteiger partial charge in [0.05, 0.1) is 16.7 Å². The van der Waals surface area contributed by atoms with Crippen LogP contribution in [0.5, 0.6) is 17.4 Å². The zero-order valence-corrected chi connectivity index (χ0v) is 16.5. The average molecular weight is 420 g/mol. The molecule has 0 amide bonds. The maximum Gasteiger partial charge on any atom is 0.347 e. The highest BCUT2D eigenvalue weighted by atomic mass is 35.5. The van der Waals surface area contributed by atoms with Crippen molar-refractivity contribution in [3.05, 3.63) is 52.3 Å². The van der Waals surface area contributed by atoms with Crippen LogP contribution in [0.25, 0.3) is 5.65 Å². The second kappa shape index (κ2) is 8.38. The van der Waals surface area contributed by atoms with Gasteiger partial charge in [0, 0.05) is 12.3 Å². The van der Waals surface area contributed by atoms with E-state index in [-0.39, 0.29) is 18.2 Å². The first-order valence-corrected chi connectivity index (χ1v) is 9.07. The summed E-state index contributed by atoms with van der Waals surface area (Å²) < 4.78 is 17.6. The third-order valence-corrected chi connectivity index (χ3v) is 4.42. The van der Waals surface area contributed by atoms with Gasteiger partial charge in [0.25, 0.3) is 5.88 Å². The summed E-state index contributed by atoms with van der Waals surface area (Å²) in [7, 11) is 0. The van der Waals surface area contributed by atoms with E-state index >= 15 is 0 Å². The van der Waals surface area contributed by atoms with Crippen molar-refractivity contribution in [3.8, 4) is 23.4 Å². The molecule has 144 valence electrons. The molecule has 0 fully saturated rings. The van der Waals surface area contributed by atoms with Crippen LogP contribution in [0.3, 0.4) is 0 Å². The lowest BCUT2D eigenvalue weighted by Crippen LogP contribution is -2.25. The Morgan fingerprint density at radius 2 is 1.93 bits per heavy atom. The number of imidazole rings is 1. The quantitative estimate of drug-likeness (QED) is 0.541. The lowest BCUT2D eigenvalue weighted by atomic mass is 10.3. The maximum atomic E-state index is 11.6. The fraction of sp³-hybridized carbons (Fsp3) is 0.211. The van der Waals surface area contributed by atoms with Crippen LogP contribution in [0.2, 0.25) is 10.0 Å². The van der Waals surface area contributed by atoms with Gasteiger partial charge in [0.2, 0.25) is 0 Å². The van der Waals surface area contributed by atoms with E-state index in [1.165, 1.54) is 10.6 Å². The van der Waals surface area contributed by atoms with E-state index in [0.717, 1.165) is 0 Å². The molecule has 0 bridgehead atoms. The molecule has 28 heavy (non-hydrogen) atoms. The predicted octanol–water partition coefficient (Wildman–Crippen LogP) is 4.64. The van der Waals surface area contributed by atoms with Crippen molar-refractivity contribution in [2.24, 2.45) is 0 Å². The van der Waals surface area contributed by atoms with Crippen LogP contribution in [-0.2, 0) is 9.53 Å². The molecule has 7 nitrogen and oxygen atoms in total. The second-order valence-electron chi connectivity index (χ2n) is 5.66. The molecule has 0 aliphatic rings. The van der Waals surface area contributed by atoms with Crippen LogP contribution >= 0.6 is 23.2 Å². The van der Waals surface area contributed by atoms with Gasteiger partial charge in [-0.05, 0) is 38.1 Å². The molecule has 9 heteroatoms. The summed E-state index contributed by atoms with van der Waals surface area (Å²) in [5.74, 6) is 0.591. The number of nitrogens with zero attached hydrogens (tertiary/aromatic N) is 3. The SMILES string of the molecule is CCOC(=O)C(C)Oc1ccc(Oc2nc3cc(Cl)c(Cl)cn3c2C#N)cc1. The minimum absolute atomic E-state index is 0.120. The lowest BCUT2D eigenvalue weighted by molar-refractivity contribution is -0.150. The van der Waals surface area contributed by atoms with Gasteiger partial charge >= 0.3 is 5.97 Å². The fourth-order valence-electron chi connectivity index (χ4n) is 2.40. The van der Waals surface area contributed by atoms with Crippen molar-refractivity contribution in [1.29, 1.82) is 5.26 Å². The third-order valence-electron chi connectivity index (χ3n) is 3.71. The van der Waals surface area contributed by atoms with E-state index in [1.54, 1.807) is 44.2 Å². The average Bonchev–Trinajstić information content (AvgIpc) is 2.99. The first-order valence-electron chi connectivity index (χ1n) is 8.31. The Hall–Kier alpha value is -2.95. The van der Waals surface area contributed by atoms with Crippen LogP contribution in [0, 0.1) is 11.3 Å². The number of fused-ring (bicyclic) bond motifs is 1. The van der Waals surface area contributed by atoms with Gasteiger partial charge in [0.1, 0.15) is 23.2 Å². The molecule has 3 aromatic rings. The number of rotatable bonds is 6. The smallest absolute Gasteiger partial charge is 0.347 e. The summed E-state index contributed by atoms with van der Waals surface area (Å²) in [5, 5.41) is 10.1. The van der Waals surface area contributed by atoms with Crippen LogP contribution < -0.4 is 9.47 Å². The van der Waals surface area contributed by atoms with Gasteiger partial charge < -0.3 is 14.2 Å². The minimum Gasteiger partial charge on any atom is -0.479 e. The minimum atomic E-state index is -0.732. The number of benzene rings is 1. The molecular weight excluding hydrogens is 405 g/mol. The number of nitriles is 1. The van der Waals surface area contributed by atoms with E-state index in [4.69, 9.17) is 37.4 Å². The van der Waals surface area contributed by atoms with Crippen LogP contribution in [0.1, 0.15) is 19.5 Å². The van der Waals surface area contributed by atoms with Crippen molar-refractivity contribution >= 4 is 34.8 Å². The number of pyridine rings is 1. The molecule has 0 N–H and O–H groups in total.